The Morgan fingerprint density at radius 3 is 2.52 bits per heavy atom. The van der Waals surface area contributed by atoms with Crippen LogP contribution in [-0.4, -0.2) is 58.3 Å². The highest BCUT2D eigenvalue weighted by atomic mass is 32.1. The Kier molecular flexibility index (Phi) is 5.75. The Bertz CT molecular complexity index is 583. The van der Waals surface area contributed by atoms with Gasteiger partial charge in [-0.05, 0) is 34.1 Å². The van der Waals surface area contributed by atoms with Crippen molar-refractivity contribution in [3.8, 4) is 0 Å². The van der Waals surface area contributed by atoms with Crippen molar-refractivity contribution in [1.29, 1.82) is 0 Å². The third-order valence-electron chi connectivity index (χ3n) is 4.33. The fourth-order valence-electron chi connectivity index (χ4n) is 3.11. The van der Waals surface area contributed by atoms with Crippen molar-refractivity contribution in [3.63, 3.8) is 0 Å². The number of carbonyl (C=O) groups excluding carboxylic acids is 2. The quantitative estimate of drug-likeness (QED) is 0.872. The number of nitrogens with two attached hydrogens (primary N) is 1. The summed E-state index contributed by atoms with van der Waals surface area (Å²) in [6, 6.07) is -0.570. The minimum absolute atomic E-state index is 0.00230. The molecule has 0 saturated carbocycles. The molecule has 23 heavy (non-hydrogen) atoms. The van der Waals surface area contributed by atoms with Crippen molar-refractivity contribution in [2.75, 3.05) is 19.6 Å². The van der Waals surface area contributed by atoms with Crippen molar-refractivity contribution >= 4 is 23.2 Å². The van der Waals surface area contributed by atoms with Crippen LogP contribution in [0, 0.1) is 13.8 Å². The largest absolute Gasteiger partial charge is 0.341 e. The molecule has 1 fully saturated rings. The van der Waals surface area contributed by atoms with E-state index in [2.05, 4.69) is 4.98 Å². The summed E-state index contributed by atoms with van der Waals surface area (Å²) in [5.41, 5.74) is 6.84. The van der Waals surface area contributed by atoms with Crippen LogP contribution in [0.3, 0.4) is 0 Å². The first-order valence-electron chi connectivity index (χ1n) is 8.14. The molecule has 128 valence electrons. The van der Waals surface area contributed by atoms with Crippen molar-refractivity contribution in [2.24, 2.45) is 5.73 Å². The fraction of sp³-hybridized carbons (Fsp3) is 0.688. The van der Waals surface area contributed by atoms with E-state index in [1.54, 1.807) is 21.1 Å². The van der Waals surface area contributed by atoms with Crippen molar-refractivity contribution in [3.05, 3.63) is 15.6 Å². The zero-order valence-corrected chi connectivity index (χ0v) is 15.2. The predicted octanol–water partition coefficient (Wildman–Crippen LogP) is 1.10. The molecule has 1 saturated heterocycles. The van der Waals surface area contributed by atoms with E-state index in [-0.39, 0.29) is 24.3 Å². The Hall–Kier alpha value is -1.47. The van der Waals surface area contributed by atoms with Gasteiger partial charge in [-0.15, -0.1) is 11.3 Å². The van der Waals surface area contributed by atoms with E-state index in [4.69, 9.17) is 5.73 Å². The molecule has 1 aliphatic heterocycles. The number of nitrogens with zero attached hydrogens (tertiary/aromatic N) is 3. The summed E-state index contributed by atoms with van der Waals surface area (Å²) in [5.74, 6) is -0.0562. The summed E-state index contributed by atoms with van der Waals surface area (Å²) >= 11 is 1.59. The Balaban J connectivity index is 2.13. The van der Waals surface area contributed by atoms with Gasteiger partial charge in [-0.2, -0.15) is 0 Å². The highest BCUT2D eigenvalue weighted by molar-refractivity contribution is 7.11. The smallest absolute Gasteiger partial charge is 0.245 e. The Morgan fingerprint density at radius 1 is 1.35 bits per heavy atom. The molecule has 0 unspecified atom stereocenters. The molecule has 2 atom stereocenters. The number of likely N-dealkylation sites (tertiary alicyclic amines) is 1. The molecule has 0 aromatic carbocycles. The van der Waals surface area contributed by atoms with E-state index >= 15 is 0 Å². The van der Waals surface area contributed by atoms with Gasteiger partial charge in [0.15, 0.2) is 0 Å². The lowest BCUT2D eigenvalue weighted by molar-refractivity contribution is -0.143. The van der Waals surface area contributed by atoms with Gasteiger partial charge in [-0.1, -0.05) is 0 Å². The first kappa shape index (κ1) is 17.9. The molecule has 2 rings (SSSR count). The Labute approximate surface area is 141 Å². The molecule has 2 heterocycles. The van der Waals surface area contributed by atoms with Crippen LogP contribution in [0.4, 0.5) is 0 Å². The normalized spacial score (nSPS) is 20.8. The van der Waals surface area contributed by atoms with E-state index in [0.717, 1.165) is 15.6 Å². The van der Waals surface area contributed by atoms with Gasteiger partial charge < -0.3 is 15.5 Å². The van der Waals surface area contributed by atoms with Crippen LogP contribution in [-0.2, 0) is 16.0 Å². The summed E-state index contributed by atoms with van der Waals surface area (Å²) in [6.07, 6.45) is 0.779. The fourth-order valence-corrected chi connectivity index (χ4v) is 3.94. The number of rotatable bonds is 5. The highest BCUT2D eigenvalue weighted by Gasteiger charge is 2.39. The molecule has 0 radical (unpaired) electrons. The number of thiazole rings is 1. The average Bonchev–Trinajstić information content (AvgIpc) is 3.03. The number of amides is 2. The van der Waals surface area contributed by atoms with Gasteiger partial charge in [0, 0.05) is 30.6 Å². The topological polar surface area (TPSA) is 79.5 Å². The van der Waals surface area contributed by atoms with E-state index in [0.29, 0.717) is 26.1 Å². The van der Waals surface area contributed by atoms with Gasteiger partial charge in [-0.25, -0.2) is 4.98 Å². The summed E-state index contributed by atoms with van der Waals surface area (Å²) in [7, 11) is 0. The van der Waals surface area contributed by atoms with Crippen LogP contribution in [0.25, 0.3) is 0 Å². The number of likely N-dealkylation sites (N-methyl/N-ethyl adjacent to an activating group) is 1. The second kappa shape index (κ2) is 7.40. The zero-order chi connectivity index (χ0) is 17.1. The molecule has 0 aliphatic carbocycles. The molecular weight excluding hydrogens is 312 g/mol. The van der Waals surface area contributed by atoms with Gasteiger partial charge in [0.2, 0.25) is 11.8 Å². The average molecular weight is 338 g/mol. The molecule has 2 amide bonds. The predicted molar refractivity (Wildman–Crippen MR) is 91.3 cm³/mol. The van der Waals surface area contributed by atoms with E-state index in [1.807, 2.05) is 27.7 Å². The number of aryl methyl sites for hydroxylation is 2. The van der Waals surface area contributed by atoms with Crippen molar-refractivity contribution in [1.82, 2.24) is 14.8 Å². The monoisotopic (exact) mass is 338 g/mol. The molecule has 7 heteroatoms. The van der Waals surface area contributed by atoms with Gasteiger partial charge >= 0.3 is 0 Å². The van der Waals surface area contributed by atoms with Gasteiger partial charge in [0.05, 0.1) is 17.1 Å². The van der Waals surface area contributed by atoms with Crippen molar-refractivity contribution < 1.29 is 9.59 Å². The van der Waals surface area contributed by atoms with Crippen LogP contribution in [0.2, 0.25) is 0 Å². The maximum absolute atomic E-state index is 12.7. The molecule has 1 aliphatic rings. The minimum atomic E-state index is -0.433. The number of hydrogen-bond acceptors (Lipinski definition) is 5. The van der Waals surface area contributed by atoms with Crippen LogP contribution in [0.5, 0.6) is 0 Å². The summed E-state index contributed by atoms with van der Waals surface area (Å²) < 4.78 is 0. The lowest BCUT2D eigenvalue weighted by atomic mass is 10.1. The van der Waals surface area contributed by atoms with E-state index < -0.39 is 6.04 Å². The van der Waals surface area contributed by atoms with Crippen molar-refractivity contribution in [2.45, 2.75) is 52.6 Å². The number of hydrogen-bond donors (Lipinski definition) is 1. The van der Waals surface area contributed by atoms with Gasteiger partial charge in [-0.3, -0.25) is 9.59 Å². The maximum atomic E-state index is 12.7. The third kappa shape index (κ3) is 3.90. The lowest BCUT2D eigenvalue weighted by Crippen LogP contribution is -2.48. The molecule has 0 bridgehead atoms. The number of aromatic nitrogens is 1. The lowest BCUT2D eigenvalue weighted by Gasteiger charge is -2.28. The first-order chi connectivity index (χ1) is 10.9. The van der Waals surface area contributed by atoms with Gasteiger partial charge in [0.25, 0.3) is 0 Å². The summed E-state index contributed by atoms with van der Waals surface area (Å²) in [4.78, 5) is 34.3. The van der Waals surface area contributed by atoms with E-state index in [9.17, 15) is 9.59 Å². The van der Waals surface area contributed by atoms with Gasteiger partial charge in [0.1, 0.15) is 6.04 Å². The molecular formula is C16H26N4O2S. The molecule has 2 N–H and O–H groups in total. The maximum Gasteiger partial charge on any atom is 0.245 e. The minimum Gasteiger partial charge on any atom is -0.341 e. The SMILES string of the molecule is CCN(CC)C(=O)[C@@H]1C[C@@H](N)CN1C(=O)Cc1nc(C)sc1C. The molecule has 6 nitrogen and oxygen atoms in total. The van der Waals surface area contributed by atoms with E-state index in [1.165, 1.54) is 0 Å². The molecule has 1 aromatic heterocycles. The highest BCUT2D eigenvalue weighted by Crippen LogP contribution is 2.22. The Morgan fingerprint density at radius 2 is 2.00 bits per heavy atom. The number of carbonyl (C=O) groups is 2. The van der Waals surface area contributed by atoms with Crippen LogP contribution >= 0.6 is 11.3 Å². The summed E-state index contributed by atoms with van der Waals surface area (Å²) in [5, 5.41) is 0.958. The standard InChI is InChI=1S/C16H26N4O2S/c1-5-19(6-2)16(22)14-7-12(17)9-20(14)15(21)8-13-10(3)23-11(4)18-13/h12,14H,5-9,17H2,1-4H3/t12-,14+/m1/s1. The second-order valence-electron chi connectivity index (χ2n) is 5.98. The molecule has 1 aromatic rings. The molecule has 0 spiro atoms. The first-order valence-corrected chi connectivity index (χ1v) is 8.95. The van der Waals surface area contributed by atoms with Crippen LogP contribution in [0.1, 0.15) is 35.8 Å². The third-order valence-corrected chi connectivity index (χ3v) is 5.26. The van der Waals surface area contributed by atoms with Crippen LogP contribution < -0.4 is 5.73 Å². The van der Waals surface area contributed by atoms with Crippen LogP contribution in [0.15, 0.2) is 0 Å². The summed E-state index contributed by atoms with van der Waals surface area (Å²) in [6.45, 7) is 9.54. The zero-order valence-electron chi connectivity index (χ0n) is 14.3. The second-order valence-corrected chi connectivity index (χ2v) is 7.39.